The highest BCUT2D eigenvalue weighted by Crippen LogP contribution is 2.16. The van der Waals surface area contributed by atoms with Gasteiger partial charge >= 0.3 is 0 Å². The summed E-state index contributed by atoms with van der Waals surface area (Å²) < 4.78 is 0. The van der Waals surface area contributed by atoms with Crippen molar-refractivity contribution >= 4 is 17.5 Å². The fourth-order valence-corrected chi connectivity index (χ4v) is 1.13. The number of rotatable bonds is 6. The maximum atomic E-state index is 11.7. The molecule has 0 heterocycles. The fraction of sp³-hybridized carbons (Fsp3) is 0.909. The largest absolute Gasteiger partial charge is 0.354 e. The highest BCUT2D eigenvalue weighted by atomic mass is 35.5. The predicted molar refractivity (Wildman–Crippen MR) is 65.3 cm³/mol. The topological polar surface area (TPSA) is 32.3 Å². The highest BCUT2D eigenvalue weighted by molar-refractivity contribution is 6.19. The number of hydrogen-bond donors (Lipinski definition) is 1. The van der Waals surface area contributed by atoms with Crippen molar-refractivity contribution < 1.29 is 4.79 Å². The Morgan fingerprint density at radius 2 is 2.07 bits per heavy atom. The molecule has 0 aliphatic rings. The molecule has 0 aliphatic carbocycles. The van der Waals surface area contributed by atoms with Gasteiger partial charge in [-0.2, -0.15) is 0 Å². The molecule has 0 rings (SSSR count). The summed E-state index contributed by atoms with van der Waals surface area (Å²) in [5.74, 6) is 0.366. The molecule has 0 bridgehead atoms. The van der Waals surface area contributed by atoms with Gasteiger partial charge in [0.1, 0.15) is 0 Å². The maximum Gasteiger partial charge on any atom is 0.226 e. The van der Waals surface area contributed by atoms with Gasteiger partial charge in [0.25, 0.3) is 0 Å². The summed E-state index contributed by atoms with van der Waals surface area (Å²) in [5.41, 5.74) is -0.480. The van der Waals surface area contributed by atoms with E-state index < -0.39 is 5.41 Å². The number of amides is 1. The summed E-state index contributed by atoms with van der Waals surface area (Å²) >= 11 is 5.72. The van der Waals surface area contributed by atoms with Crippen LogP contribution in [-0.2, 0) is 4.79 Å². The van der Waals surface area contributed by atoms with Crippen LogP contribution in [0.4, 0.5) is 0 Å². The van der Waals surface area contributed by atoms with Crippen LogP contribution in [0.3, 0.4) is 0 Å². The molecule has 15 heavy (non-hydrogen) atoms. The Bertz CT molecular complexity index is 207. The molecular weight excluding hydrogens is 212 g/mol. The molecule has 4 heteroatoms. The van der Waals surface area contributed by atoms with Gasteiger partial charge in [-0.15, -0.1) is 11.6 Å². The summed E-state index contributed by atoms with van der Waals surface area (Å²) in [6.07, 6.45) is 0. The van der Waals surface area contributed by atoms with Crippen molar-refractivity contribution in [1.29, 1.82) is 0 Å². The monoisotopic (exact) mass is 234 g/mol. The Morgan fingerprint density at radius 3 is 2.47 bits per heavy atom. The lowest BCUT2D eigenvalue weighted by atomic mass is 9.95. The molecule has 0 saturated carbocycles. The summed E-state index contributed by atoms with van der Waals surface area (Å²) in [4.78, 5) is 13.9. The average Bonchev–Trinajstić information content (AvgIpc) is 2.23. The van der Waals surface area contributed by atoms with Gasteiger partial charge in [0, 0.05) is 18.5 Å². The standard InChI is InChI=1S/C11H23ClN2O/c1-6-14(5)9(2)7-13-10(15)11(3,4)8-12/h9H,6-8H2,1-5H3,(H,13,15). The first kappa shape index (κ1) is 14.7. The molecule has 1 atom stereocenters. The first-order valence-electron chi connectivity index (χ1n) is 5.39. The summed E-state index contributed by atoms with van der Waals surface area (Å²) in [6.45, 7) is 9.55. The third kappa shape index (κ3) is 4.85. The van der Waals surface area contributed by atoms with Gasteiger partial charge in [0.05, 0.1) is 5.41 Å². The molecule has 0 spiro atoms. The van der Waals surface area contributed by atoms with Crippen molar-refractivity contribution in [3.8, 4) is 0 Å². The van der Waals surface area contributed by atoms with Crippen LogP contribution in [0.2, 0.25) is 0 Å². The summed E-state index contributed by atoms with van der Waals surface area (Å²) in [5, 5.41) is 2.92. The highest BCUT2D eigenvalue weighted by Gasteiger charge is 2.26. The molecule has 90 valence electrons. The minimum Gasteiger partial charge on any atom is -0.354 e. The van der Waals surface area contributed by atoms with E-state index in [1.54, 1.807) is 0 Å². The minimum atomic E-state index is -0.480. The van der Waals surface area contributed by atoms with Crippen LogP contribution < -0.4 is 5.32 Å². The Kier molecular flexibility index (Phi) is 6.22. The minimum absolute atomic E-state index is 0.0221. The Labute approximate surface area is 98.2 Å². The van der Waals surface area contributed by atoms with Crippen LogP contribution in [0.25, 0.3) is 0 Å². The molecule has 0 aromatic rings. The third-order valence-corrected chi connectivity index (χ3v) is 3.43. The van der Waals surface area contributed by atoms with Gasteiger partial charge in [-0.25, -0.2) is 0 Å². The van der Waals surface area contributed by atoms with E-state index in [1.165, 1.54) is 0 Å². The molecule has 0 aromatic carbocycles. The molecule has 1 amide bonds. The number of carbonyl (C=O) groups excluding carboxylic acids is 1. The number of hydrogen-bond acceptors (Lipinski definition) is 2. The Hall–Kier alpha value is -0.280. The lowest BCUT2D eigenvalue weighted by Gasteiger charge is -2.26. The predicted octanol–water partition coefficient (Wildman–Crippen LogP) is 1.71. The molecule has 0 saturated heterocycles. The second-order valence-corrected chi connectivity index (χ2v) is 4.92. The Morgan fingerprint density at radius 1 is 1.53 bits per heavy atom. The maximum absolute atomic E-state index is 11.7. The third-order valence-electron chi connectivity index (χ3n) is 2.76. The van der Waals surface area contributed by atoms with Crippen LogP contribution in [0, 0.1) is 5.41 Å². The number of halogens is 1. The van der Waals surface area contributed by atoms with E-state index in [4.69, 9.17) is 11.6 Å². The van der Waals surface area contributed by atoms with Gasteiger partial charge in [-0.05, 0) is 34.4 Å². The molecule has 1 unspecified atom stereocenters. The van der Waals surface area contributed by atoms with Crippen LogP contribution in [0.15, 0.2) is 0 Å². The quantitative estimate of drug-likeness (QED) is 0.710. The SMILES string of the molecule is CCN(C)C(C)CNC(=O)C(C)(C)CCl. The normalized spacial score (nSPS) is 14.1. The Balaban J connectivity index is 4.01. The molecule has 1 N–H and O–H groups in total. The van der Waals surface area contributed by atoms with Crippen molar-refractivity contribution in [1.82, 2.24) is 10.2 Å². The zero-order chi connectivity index (χ0) is 12.1. The van der Waals surface area contributed by atoms with E-state index in [0.29, 0.717) is 18.5 Å². The second-order valence-electron chi connectivity index (χ2n) is 4.65. The van der Waals surface area contributed by atoms with E-state index in [-0.39, 0.29) is 5.91 Å². The summed E-state index contributed by atoms with van der Waals surface area (Å²) in [7, 11) is 2.05. The van der Waals surface area contributed by atoms with E-state index in [0.717, 1.165) is 6.54 Å². The van der Waals surface area contributed by atoms with Crippen molar-refractivity contribution in [2.75, 3.05) is 26.0 Å². The van der Waals surface area contributed by atoms with Crippen LogP contribution in [-0.4, -0.2) is 42.9 Å². The molecule has 0 radical (unpaired) electrons. The smallest absolute Gasteiger partial charge is 0.226 e. The van der Waals surface area contributed by atoms with Crippen LogP contribution in [0.1, 0.15) is 27.7 Å². The number of nitrogens with one attached hydrogen (secondary N) is 1. The number of nitrogens with zero attached hydrogens (tertiary/aromatic N) is 1. The van der Waals surface area contributed by atoms with E-state index in [2.05, 4.69) is 24.1 Å². The zero-order valence-corrected chi connectivity index (χ0v) is 11.2. The molecular formula is C11H23ClN2O. The van der Waals surface area contributed by atoms with Crippen molar-refractivity contribution in [2.45, 2.75) is 33.7 Å². The van der Waals surface area contributed by atoms with E-state index in [9.17, 15) is 4.79 Å². The zero-order valence-electron chi connectivity index (χ0n) is 10.4. The van der Waals surface area contributed by atoms with Crippen molar-refractivity contribution in [3.05, 3.63) is 0 Å². The van der Waals surface area contributed by atoms with Gasteiger partial charge in [-0.3, -0.25) is 4.79 Å². The molecule has 0 fully saturated rings. The molecule has 0 aliphatic heterocycles. The van der Waals surface area contributed by atoms with E-state index >= 15 is 0 Å². The average molecular weight is 235 g/mol. The lowest BCUT2D eigenvalue weighted by Crippen LogP contribution is -2.45. The molecule has 3 nitrogen and oxygen atoms in total. The number of alkyl halides is 1. The van der Waals surface area contributed by atoms with Gasteiger partial charge in [-0.1, -0.05) is 6.92 Å². The number of carbonyl (C=O) groups is 1. The van der Waals surface area contributed by atoms with Gasteiger partial charge in [0.15, 0.2) is 0 Å². The van der Waals surface area contributed by atoms with Gasteiger partial charge < -0.3 is 10.2 Å². The first-order valence-corrected chi connectivity index (χ1v) is 5.93. The fourth-order valence-electron chi connectivity index (χ4n) is 1.01. The summed E-state index contributed by atoms with van der Waals surface area (Å²) in [6, 6.07) is 0.352. The van der Waals surface area contributed by atoms with Crippen LogP contribution >= 0.6 is 11.6 Å². The lowest BCUT2D eigenvalue weighted by molar-refractivity contribution is -0.128. The van der Waals surface area contributed by atoms with Crippen molar-refractivity contribution in [3.63, 3.8) is 0 Å². The van der Waals surface area contributed by atoms with E-state index in [1.807, 2.05) is 20.9 Å². The second kappa shape index (κ2) is 6.33. The van der Waals surface area contributed by atoms with Crippen LogP contribution in [0.5, 0.6) is 0 Å². The molecule has 0 aromatic heterocycles. The van der Waals surface area contributed by atoms with Crippen molar-refractivity contribution in [2.24, 2.45) is 5.41 Å². The number of likely N-dealkylation sites (N-methyl/N-ethyl adjacent to an activating group) is 1. The van der Waals surface area contributed by atoms with Gasteiger partial charge in [0.2, 0.25) is 5.91 Å². The first-order chi connectivity index (χ1) is 6.85.